The zero-order valence-corrected chi connectivity index (χ0v) is 25.9. The van der Waals surface area contributed by atoms with Gasteiger partial charge in [0.25, 0.3) is 0 Å². The Morgan fingerprint density at radius 3 is 2.55 bits per heavy atom. The molecule has 3 N–H and O–H groups in total. The number of carbonyl (C=O) groups excluding carboxylic acids is 3. The molecule has 2 unspecified atom stereocenters. The van der Waals surface area contributed by atoms with Gasteiger partial charge in [-0.25, -0.2) is 19.4 Å². The molecular formula is C26H37ClN4O7S2. The van der Waals surface area contributed by atoms with Gasteiger partial charge < -0.3 is 25.2 Å². The number of carboxylic acid groups (broad SMARTS) is 1. The van der Waals surface area contributed by atoms with Crippen LogP contribution in [0, 0.1) is 5.92 Å². The lowest BCUT2D eigenvalue weighted by Crippen LogP contribution is -2.48. The second kappa shape index (κ2) is 14.8. The highest BCUT2D eigenvalue weighted by atomic mass is 35.5. The minimum Gasteiger partial charge on any atom is -0.479 e. The van der Waals surface area contributed by atoms with Crippen molar-refractivity contribution >= 4 is 63.7 Å². The van der Waals surface area contributed by atoms with Gasteiger partial charge in [0, 0.05) is 17.0 Å². The Morgan fingerprint density at radius 2 is 1.98 bits per heavy atom. The molecule has 1 aromatic rings. The minimum absolute atomic E-state index is 0.137. The van der Waals surface area contributed by atoms with Gasteiger partial charge in [-0.15, -0.1) is 34.7 Å². The number of hydrogen-bond donors (Lipinski definition) is 3. The minimum atomic E-state index is -1.18. The van der Waals surface area contributed by atoms with Crippen molar-refractivity contribution in [2.75, 3.05) is 11.6 Å². The highest BCUT2D eigenvalue weighted by Crippen LogP contribution is 2.31. The number of ether oxygens (including phenoxy) is 2. The Labute approximate surface area is 247 Å². The quantitative estimate of drug-likeness (QED) is 0.168. The number of amides is 2. The number of hydrogen-bond acceptors (Lipinski definition) is 10. The predicted molar refractivity (Wildman–Crippen MR) is 156 cm³/mol. The van der Waals surface area contributed by atoms with Crippen LogP contribution in [0.1, 0.15) is 65.1 Å². The summed E-state index contributed by atoms with van der Waals surface area (Å²) in [6, 6.07) is -0.977. The number of allylic oxidation sites excluding steroid dienone is 1. The molecule has 222 valence electrons. The van der Waals surface area contributed by atoms with E-state index in [0.29, 0.717) is 33.8 Å². The van der Waals surface area contributed by atoms with E-state index in [-0.39, 0.29) is 24.8 Å². The van der Waals surface area contributed by atoms with E-state index in [1.165, 1.54) is 23.1 Å². The fourth-order valence-corrected chi connectivity index (χ4v) is 5.32. The summed E-state index contributed by atoms with van der Waals surface area (Å²) in [4.78, 5) is 58.1. The van der Waals surface area contributed by atoms with Crippen molar-refractivity contribution in [2.24, 2.45) is 10.9 Å². The number of carbonyl (C=O) groups is 4. The summed E-state index contributed by atoms with van der Waals surface area (Å²) in [5, 5.41) is 17.6. The van der Waals surface area contributed by atoms with Gasteiger partial charge in [0.2, 0.25) is 5.91 Å². The number of thioether (sulfide) groups is 1. The van der Waals surface area contributed by atoms with Crippen molar-refractivity contribution in [1.29, 1.82) is 0 Å². The van der Waals surface area contributed by atoms with Crippen LogP contribution in [0.5, 0.6) is 0 Å². The number of thiazole rings is 1. The van der Waals surface area contributed by atoms with Crippen LogP contribution in [0.3, 0.4) is 0 Å². The Morgan fingerprint density at radius 1 is 1.27 bits per heavy atom. The number of aliphatic imine (C=N–C) groups is 1. The zero-order valence-electron chi connectivity index (χ0n) is 23.5. The molecule has 0 aliphatic carbocycles. The maximum Gasteiger partial charge on any atom is 0.408 e. The van der Waals surface area contributed by atoms with Crippen molar-refractivity contribution in [3.63, 3.8) is 0 Å². The standard InChI is InChI=1S/C26H37ClN4O7S2/c1-15(2)20(30-24(36)38-25(3,4)5)22(33)37-16(9-7-8-10-27)11-18(32)28-12-19-29-17(13-39-19)21-31-26(6,14-40-21)23(34)35/h7,9,13,15-16,20H,8,10-12,14H2,1-6H3,(H,28,32)(H,30,36)(H,34,35)/b9-7+/t16?,20?,26-/m0/s1. The van der Waals surface area contributed by atoms with Crippen molar-refractivity contribution in [3.05, 3.63) is 28.2 Å². The number of aromatic nitrogens is 1. The average Bonchev–Trinajstić information content (AvgIpc) is 3.47. The van der Waals surface area contributed by atoms with Gasteiger partial charge in [-0.2, -0.15) is 0 Å². The summed E-state index contributed by atoms with van der Waals surface area (Å²) >= 11 is 8.40. The summed E-state index contributed by atoms with van der Waals surface area (Å²) in [7, 11) is 0. The smallest absolute Gasteiger partial charge is 0.408 e. The van der Waals surface area contributed by atoms with Crippen molar-refractivity contribution < 1.29 is 33.8 Å². The van der Waals surface area contributed by atoms with E-state index < -0.39 is 41.3 Å². The summed E-state index contributed by atoms with van der Waals surface area (Å²) in [5.41, 5.74) is -1.35. The molecular weight excluding hydrogens is 580 g/mol. The molecule has 3 atom stereocenters. The molecule has 0 aromatic carbocycles. The van der Waals surface area contributed by atoms with Crippen LogP contribution < -0.4 is 10.6 Å². The molecule has 1 aliphatic rings. The first kappa shape index (κ1) is 33.6. The maximum atomic E-state index is 13.0. The van der Waals surface area contributed by atoms with Gasteiger partial charge in [-0.3, -0.25) is 9.79 Å². The molecule has 0 bridgehead atoms. The van der Waals surface area contributed by atoms with Gasteiger partial charge in [-0.1, -0.05) is 19.9 Å². The third-order valence-electron chi connectivity index (χ3n) is 5.38. The van der Waals surface area contributed by atoms with Crippen LogP contribution in [-0.2, 0) is 30.4 Å². The van der Waals surface area contributed by atoms with E-state index in [2.05, 4.69) is 20.6 Å². The first-order valence-corrected chi connectivity index (χ1v) is 15.1. The number of alkyl carbamates (subject to hydrolysis) is 1. The fraction of sp³-hybridized carbons (Fsp3) is 0.615. The molecule has 40 heavy (non-hydrogen) atoms. The van der Waals surface area contributed by atoms with E-state index in [1.807, 2.05) is 0 Å². The number of rotatable bonds is 13. The summed E-state index contributed by atoms with van der Waals surface area (Å²) in [6.45, 7) is 10.4. The normalized spacial score (nSPS) is 18.8. The number of nitrogens with zero attached hydrogens (tertiary/aromatic N) is 2. The van der Waals surface area contributed by atoms with E-state index in [0.717, 1.165) is 0 Å². The number of aliphatic carboxylic acids is 1. The molecule has 0 radical (unpaired) electrons. The zero-order chi connectivity index (χ0) is 30.1. The van der Waals surface area contributed by atoms with Gasteiger partial charge in [0.1, 0.15) is 33.5 Å². The summed E-state index contributed by atoms with van der Waals surface area (Å²) < 4.78 is 10.9. The van der Waals surface area contributed by atoms with Gasteiger partial charge in [0.05, 0.1) is 13.0 Å². The number of nitrogens with one attached hydrogen (secondary N) is 2. The van der Waals surface area contributed by atoms with Crippen molar-refractivity contribution in [3.8, 4) is 0 Å². The van der Waals surface area contributed by atoms with Crippen LogP contribution in [0.2, 0.25) is 0 Å². The molecule has 0 saturated carbocycles. The molecule has 14 heteroatoms. The first-order chi connectivity index (χ1) is 18.6. The highest BCUT2D eigenvalue weighted by molar-refractivity contribution is 8.14. The second-order valence-electron chi connectivity index (χ2n) is 10.6. The Bertz CT molecular complexity index is 1130. The largest absolute Gasteiger partial charge is 0.479 e. The van der Waals surface area contributed by atoms with E-state index in [1.54, 1.807) is 59.1 Å². The lowest BCUT2D eigenvalue weighted by atomic mass is 10.0. The number of alkyl halides is 1. The highest BCUT2D eigenvalue weighted by Gasteiger charge is 2.39. The number of carboxylic acids is 1. The lowest BCUT2D eigenvalue weighted by Gasteiger charge is -2.26. The molecule has 1 aromatic heterocycles. The van der Waals surface area contributed by atoms with Crippen LogP contribution in [0.15, 0.2) is 22.5 Å². The number of halogens is 1. The molecule has 0 spiro atoms. The van der Waals surface area contributed by atoms with Crippen LogP contribution in [0.4, 0.5) is 4.79 Å². The molecule has 2 heterocycles. The molecule has 2 rings (SSSR count). The maximum absolute atomic E-state index is 13.0. The molecule has 2 amide bonds. The van der Waals surface area contributed by atoms with Crippen LogP contribution in [-0.4, -0.2) is 74.0 Å². The van der Waals surface area contributed by atoms with Crippen LogP contribution in [0.25, 0.3) is 0 Å². The monoisotopic (exact) mass is 616 g/mol. The van der Waals surface area contributed by atoms with E-state index in [9.17, 15) is 24.3 Å². The fourth-order valence-electron chi connectivity index (χ4n) is 3.27. The Kier molecular flexibility index (Phi) is 12.4. The van der Waals surface area contributed by atoms with Gasteiger partial charge >= 0.3 is 18.0 Å². The predicted octanol–water partition coefficient (Wildman–Crippen LogP) is 4.13. The molecule has 0 saturated heterocycles. The molecule has 0 fully saturated rings. The lowest BCUT2D eigenvalue weighted by molar-refractivity contribution is -0.151. The SMILES string of the molecule is CC(C)C(NC(=O)OC(C)(C)C)C(=O)OC(/C=C/CCCl)CC(=O)NCc1nc(C2=N[C@](C)(C(=O)O)CS2)cs1. The van der Waals surface area contributed by atoms with Crippen molar-refractivity contribution in [2.45, 2.75) is 84.2 Å². The topological polar surface area (TPSA) is 156 Å². The van der Waals surface area contributed by atoms with E-state index >= 15 is 0 Å². The third-order valence-corrected chi connectivity index (χ3v) is 7.73. The summed E-state index contributed by atoms with van der Waals surface area (Å²) in [5.74, 6) is -1.67. The van der Waals surface area contributed by atoms with Crippen molar-refractivity contribution in [1.82, 2.24) is 15.6 Å². The second-order valence-corrected chi connectivity index (χ2v) is 12.9. The molecule has 11 nitrogen and oxygen atoms in total. The molecule has 1 aliphatic heterocycles. The Balaban J connectivity index is 2.00. The van der Waals surface area contributed by atoms with Crippen LogP contribution >= 0.6 is 34.7 Å². The third kappa shape index (κ3) is 10.7. The summed E-state index contributed by atoms with van der Waals surface area (Å²) in [6.07, 6.45) is 2.06. The number of esters is 1. The first-order valence-electron chi connectivity index (χ1n) is 12.7. The average molecular weight is 617 g/mol. The van der Waals surface area contributed by atoms with Gasteiger partial charge in [-0.05, 0) is 46.1 Å². The Hall–Kier alpha value is -2.64. The van der Waals surface area contributed by atoms with Gasteiger partial charge in [0.15, 0.2) is 5.54 Å². The van der Waals surface area contributed by atoms with E-state index in [4.69, 9.17) is 21.1 Å².